The van der Waals surface area contributed by atoms with E-state index in [9.17, 15) is 8.42 Å². The first-order valence-electron chi connectivity index (χ1n) is 9.23. The van der Waals surface area contributed by atoms with Crippen LogP contribution in [-0.2, 0) is 10.0 Å². The molecule has 3 N–H and O–H groups in total. The largest absolute Gasteiger partial charge is 0.359 e. The topological polar surface area (TPSA) is 82.6 Å². The van der Waals surface area contributed by atoms with Crippen molar-refractivity contribution in [2.24, 2.45) is 16.8 Å². The van der Waals surface area contributed by atoms with Gasteiger partial charge < -0.3 is 10.6 Å². The Labute approximate surface area is 159 Å². The van der Waals surface area contributed by atoms with Crippen molar-refractivity contribution in [1.29, 1.82) is 0 Å². The highest BCUT2D eigenvalue weighted by molar-refractivity contribution is 7.90. The lowest BCUT2D eigenvalue weighted by Gasteiger charge is -2.24. The van der Waals surface area contributed by atoms with E-state index in [-0.39, 0.29) is 4.90 Å². The van der Waals surface area contributed by atoms with Crippen molar-refractivity contribution < 1.29 is 8.42 Å². The Bertz CT molecular complexity index is 837. The molecule has 3 unspecified atom stereocenters. The molecule has 3 atom stereocenters. The van der Waals surface area contributed by atoms with E-state index in [1.54, 1.807) is 18.2 Å². The number of sulfonamides is 1. The van der Waals surface area contributed by atoms with Gasteiger partial charge >= 0.3 is 0 Å². The van der Waals surface area contributed by atoms with E-state index >= 15 is 0 Å². The predicted octanol–water partition coefficient (Wildman–Crippen LogP) is 2.63. The summed E-state index contributed by atoms with van der Waals surface area (Å²) in [6.45, 7) is 0.683. The Hall–Kier alpha value is -1.67. The molecular formula is C18H24N4O2S2. The molecule has 3 aliphatic rings. The second-order valence-corrected chi connectivity index (χ2v) is 9.54. The van der Waals surface area contributed by atoms with Gasteiger partial charge in [-0.2, -0.15) is 0 Å². The summed E-state index contributed by atoms with van der Waals surface area (Å²) in [7, 11) is -3.62. The van der Waals surface area contributed by atoms with Gasteiger partial charge in [-0.3, -0.25) is 9.71 Å². The van der Waals surface area contributed by atoms with Crippen LogP contribution in [0.2, 0.25) is 0 Å². The van der Waals surface area contributed by atoms with E-state index in [2.05, 4.69) is 20.3 Å². The van der Waals surface area contributed by atoms with Crippen LogP contribution in [0.5, 0.6) is 0 Å². The normalized spacial score (nSPS) is 27.2. The van der Waals surface area contributed by atoms with Gasteiger partial charge in [0.15, 0.2) is 5.11 Å². The van der Waals surface area contributed by atoms with Crippen molar-refractivity contribution in [1.82, 2.24) is 10.0 Å². The maximum absolute atomic E-state index is 12.5. The predicted molar refractivity (Wildman–Crippen MR) is 107 cm³/mol. The van der Waals surface area contributed by atoms with Gasteiger partial charge in [0, 0.05) is 24.7 Å². The lowest BCUT2D eigenvalue weighted by atomic mass is 9.96. The van der Waals surface area contributed by atoms with Crippen molar-refractivity contribution >= 4 is 38.9 Å². The Balaban J connectivity index is 1.39. The number of benzene rings is 1. The van der Waals surface area contributed by atoms with Gasteiger partial charge in [0.05, 0.1) is 4.90 Å². The van der Waals surface area contributed by atoms with Gasteiger partial charge in [-0.1, -0.05) is 12.5 Å². The quantitative estimate of drug-likeness (QED) is 0.686. The van der Waals surface area contributed by atoms with Crippen LogP contribution in [0.25, 0.3) is 0 Å². The van der Waals surface area contributed by atoms with Gasteiger partial charge in [-0.15, -0.1) is 0 Å². The molecule has 0 radical (unpaired) electrons. The molecule has 1 aromatic carbocycles. The molecular weight excluding hydrogens is 368 g/mol. The number of nitrogens with zero attached hydrogens (tertiary/aromatic N) is 1. The number of anilines is 1. The summed E-state index contributed by atoms with van der Waals surface area (Å²) in [5.74, 6) is 2.11. The molecule has 0 saturated heterocycles. The van der Waals surface area contributed by atoms with Gasteiger partial charge in [-0.05, 0) is 67.9 Å². The van der Waals surface area contributed by atoms with E-state index in [0.717, 1.165) is 18.3 Å². The SMILES string of the molecule is O=S(=O)(NC1=NCCC1)c1cccc(NC(=S)NC2CC3CCC2C3)c1. The van der Waals surface area contributed by atoms with Gasteiger partial charge in [0.2, 0.25) is 0 Å². The van der Waals surface area contributed by atoms with Crippen LogP contribution in [0, 0.1) is 11.8 Å². The first-order valence-corrected chi connectivity index (χ1v) is 11.1. The highest BCUT2D eigenvalue weighted by Crippen LogP contribution is 2.44. The van der Waals surface area contributed by atoms with Crippen LogP contribution in [0.4, 0.5) is 5.69 Å². The fraction of sp³-hybridized carbons (Fsp3) is 0.556. The average Bonchev–Trinajstić information content (AvgIpc) is 3.33. The second-order valence-electron chi connectivity index (χ2n) is 7.45. The minimum absolute atomic E-state index is 0.208. The smallest absolute Gasteiger partial charge is 0.262 e. The Kier molecular flexibility index (Phi) is 4.88. The first-order chi connectivity index (χ1) is 12.5. The van der Waals surface area contributed by atoms with Gasteiger partial charge in [0.1, 0.15) is 5.84 Å². The molecule has 2 fully saturated rings. The molecule has 0 aromatic heterocycles. The maximum Gasteiger partial charge on any atom is 0.262 e. The summed E-state index contributed by atoms with van der Waals surface area (Å²) >= 11 is 5.43. The number of hydrogen-bond acceptors (Lipinski definition) is 4. The van der Waals surface area contributed by atoms with E-state index in [0.29, 0.717) is 35.6 Å². The molecule has 1 heterocycles. The summed E-state index contributed by atoms with van der Waals surface area (Å²) in [6.07, 6.45) is 6.70. The summed E-state index contributed by atoms with van der Waals surface area (Å²) in [5, 5.41) is 7.10. The zero-order chi connectivity index (χ0) is 18.1. The zero-order valence-electron chi connectivity index (χ0n) is 14.6. The number of fused-ring (bicyclic) bond motifs is 2. The number of nitrogens with one attached hydrogen (secondary N) is 3. The van der Waals surface area contributed by atoms with Crippen molar-refractivity contribution in [2.75, 3.05) is 11.9 Å². The molecule has 2 bridgehead atoms. The molecule has 1 aromatic rings. The summed E-state index contributed by atoms with van der Waals surface area (Å²) in [4.78, 5) is 4.38. The fourth-order valence-electron chi connectivity index (χ4n) is 4.33. The van der Waals surface area contributed by atoms with Crippen LogP contribution in [-0.4, -0.2) is 32.0 Å². The van der Waals surface area contributed by atoms with Crippen LogP contribution >= 0.6 is 12.2 Å². The zero-order valence-corrected chi connectivity index (χ0v) is 16.2. The lowest BCUT2D eigenvalue weighted by Crippen LogP contribution is -2.40. The third kappa shape index (κ3) is 3.86. The van der Waals surface area contributed by atoms with Crippen molar-refractivity contribution in [2.45, 2.75) is 49.5 Å². The monoisotopic (exact) mass is 392 g/mol. The summed E-state index contributed by atoms with van der Waals surface area (Å²) in [6, 6.07) is 7.17. The average molecular weight is 393 g/mol. The van der Waals surface area contributed by atoms with Gasteiger partial charge in [0.25, 0.3) is 10.0 Å². The third-order valence-corrected chi connectivity index (χ3v) is 7.18. The highest BCUT2D eigenvalue weighted by Gasteiger charge is 2.39. The second kappa shape index (κ2) is 7.15. The third-order valence-electron chi connectivity index (χ3n) is 5.58. The number of aliphatic imine (C=N–C) groups is 1. The molecule has 26 heavy (non-hydrogen) atoms. The van der Waals surface area contributed by atoms with Crippen molar-refractivity contribution in [3.05, 3.63) is 24.3 Å². The number of hydrogen-bond donors (Lipinski definition) is 3. The Morgan fingerprint density at radius 1 is 1.23 bits per heavy atom. The van der Waals surface area contributed by atoms with Crippen LogP contribution in [0.1, 0.15) is 38.5 Å². The molecule has 2 saturated carbocycles. The molecule has 4 rings (SSSR count). The molecule has 0 spiro atoms. The van der Waals surface area contributed by atoms with E-state index in [1.165, 1.54) is 25.7 Å². The van der Waals surface area contributed by atoms with E-state index in [4.69, 9.17) is 12.2 Å². The Morgan fingerprint density at radius 3 is 2.81 bits per heavy atom. The Morgan fingerprint density at radius 2 is 2.12 bits per heavy atom. The molecule has 8 heteroatoms. The molecule has 2 aliphatic carbocycles. The van der Waals surface area contributed by atoms with Gasteiger partial charge in [-0.25, -0.2) is 8.42 Å². The minimum Gasteiger partial charge on any atom is -0.359 e. The first kappa shape index (κ1) is 17.7. The summed E-state index contributed by atoms with van der Waals surface area (Å²) in [5.41, 5.74) is 0.668. The standard InChI is InChI=1S/C18H24N4O2S2/c23-26(24,22-17-5-2-8-19-17)15-4-1-3-14(11-15)20-18(25)21-16-10-12-6-7-13(16)9-12/h1,3-4,11-13,16H,2,5-10H2,(H,19,22)(H2,20,21,25). The summed E-state index contributed by atoms with van der Waals surface area (Å²) < 4.78 is 27.6. The van der Waals surface area contributed by atoms with Crippen molar-refractivity contribution in [3.8, 4) is 0 Å². The minimum atomic E-state index is -3.62. The number of rotatable bonds is 4. The molecule has 140 valence electrons. The fourth-order valence-corrected chi connectivity index (χ4v) is 5.74. The molecule has 0 amide bonds. The van der Waals surface area contributed by atoms with Crippen LogP contribution in [0.15, 0.2) is 34.2 Å². The maximum atomic E-state index is 12.5. The van der Waals surface area contributed by atoms with E-state index in [1.807, 2.05) is 6.07 Å². The van der Waals surface area contributed by atoms with Crippen LogP contribution in [0.3, 0.4) is 0 Å². The number of thiocarbonyl (C=S) groups is 1. The number of amidine groups is 1. The molecule has 1 aliphatic heterocycles. The highest BCUT2D eigenvalue weighted by atomic mass is 32.2. The van der Waals surface area contributed by atoms with Crippen LogP contribution < -0.4 is 15.4 Å². The lowest BCUT2D eigenvalue weighted by molar-refractivity contribution is 0.392. The van der Waals surface area contributed by atoms with E-state index < -0.39 is 10.0 Å². The van der Waals surface area contributed by atoms with Crippen molar-refractivity contribution in [3.63, 3.8) is 0 Å². The molecule has 6 nitrogen and oxygen atoms in total.